The number of nitrogens with zero attached hydrogens (tertiary/aromatic N) is 3. The Morgan fingerprint density at radius 2 is 2.06 bits per heavy atom. The third-order valence-electron chi connectivity index (χ3n) is 5.72. The number of thiazole rings is 1. The number of methoxy groups -OCH3 is 1. The van der Waals surface area contributed by atoms with E-state index in [0.717, 1.165) is 53.8 Å². The molecule has 8 nitrogen and oxygen atoms in total. The molecule has 0 saturated carbocycles. The van der Waals surface area contributed by atoms with Crippen molar-refractivity contribution in [3.05, 3.63) is 74.8 Å². The fourth-order valence-electron chi connectivity index (χ4n) is 3.94. The molecule has 1 saturated heterocycles. The van der Waals surface area contributed by atoms with E-state index in [1.165, 1.54) is 29.2 Å². The van der Waals surface area contributed by atoms with Crippen molar-refractivity contribution in [3.63, 3.8) is 0 Å². The SMILES string of the molecule is COc1ccccc1CN1CCC(NC(=O)c2ccc(Sc3nc(C)cs3)c([N+](=O)[O-])c2)CC1. The van der Waals surface area contributed by atoms with Crippen LogP contribution < -0.4 is 10.1 Å². The van der Waals surface area contributed by atoms with Crippen LogP contribution in [0.25, 0.3) is 0 Å². The van der Waals surface area contributed by atoms with Gasteiger partial charge in [0.2, 0.25) is 0 Å². The average molecular weight is 499 g/mol. The van der Waals surface area contributed by atoms with E-state index in [0.29, 0.717) is 10.5 Å². The number of aromatic nitrogens is 1. The third kappa shape index (κ3) is 5.94. The highest BCUT2D eigenvalue weighted by Crippen LogP contribution is 2.36. The van der Waals surface area contributed by atoms with Gasteiger partial charge in [0.1, 0.15) is 5.75 Å². The predicted octanol–water partition coefficient (Wildman–Crippen LogP) is 4.91. The number of carbonyl (C=O) groups excluding carboxylic acids is 1. The van der Waals surface area contributed by atoms with Crippen molar-refractivity contribution in [2.45, 2.75) is 41.6 Å². The summed E-state index contributed by atoms with van der Waals surface area (Å²) in [5, 5.41) is 16.6. The zero-order chi connectivity index (χ0) is 24.1. The molecule has 0 unspecified atom stereocenters. The van der Waals surface area contributed by atoms with Crippen molar-refractivity contribution in [3.8, 4) is 5.75 Å². The number of para-hydroxylation sites is 1. The lowest BCUT2D eigenvalue weighted by Crippen LogP contribution is -2.44. The molecule has 1 aliphatic rings. The predicted molar refractivity (Wildman–Crippen MR) is 133 cm³/mol. The second-order valence-electron chi connectivity index (χ2n) is 8.13. The molecular weight excluding hydrogens is 472 g/mol. The number of ether oxygens (including phenoxy) is 1. The van der Waals surface area contributed by atoms with E-state index in [1.54, 1.807) is 19.2 Å². The summed E-state index contributed by atoms with van der Waals surface area (Å²) in [6.07, 6.45) is 1.64. The molecule has 0 atom stereocenters. The Labute approximate surface area is 206 Å². The van der Waals surface area contributed by atoms with Gasteiger partial charge in [-0.2, -0.15) is 0 Å². The molecule has 1 N–H and O–H groups in total. The van der Waals surface area contributed by atoms with E-state index in [2.05, 4.69) is 21.3 Å². The molecule has 4 rings (SSSR count). The van der Waals surface area contributed by atoms with E-state index >= 15 is 0 Å². The number of nitro groups is 1. The minimum Gasteiger partial charge on any atom is -0.496 e. The Balaban J connectivity index is 1.35. The fraction of sp³-hybridized carbons (Fsp3) is 0.333. The van der Waals surface area contributed by atoms with Gasteiger partial charge in [0.15, 0.2) is 4.34 Å². The zero-order valence-corrected chi connectivity index (χ0v) is 20.7. The highest BCUT2D eigenvalue weighted by molar-refractivity contribution is 8.01. The van der Waals surface area contributed by atoms with Crippen LogP contribution in [0.15, 0.2) is 57.1 Å². The van der Waals surface area contributed by atoms with Gasteiger partial charge in [-0.1, -0.05) is 30.0 Å². The number of carbonyl (C=O) groups is 1. The zero-order valence-electron chi connectivity index (χ0n) is 19.0. The largest absolute Gasteiger partial charge is 0.496 e. The highest BCUT2D eigenvalue weighted by atomic mass is 32.2. The molecule has 2 heterocycles. The normalized spacial score (nSPS) is 14.6. The minimum absolute atomic E-state index is 0.0350. The monoisotopic (exact) mass is 498 g/mol. The van der Waals surface area contributed by atoms with Crippen molar-refractivity contribution >= 4 is 34.7 Å². The first kappa shape index (κ1) is 24.2. The number of aryl methyl sites for hydroxylation is 1. The van der Waals surface area contributed by atoms with Gasteiger partial charge in [-0.3, -0.25) is 19.8 Å². The second-order valence-corrected chi connectivity index (χ2v) is 10.3. The van der Waals surface area contributed by atoms with Crippen LogP contribution in [-0.2, 0) is 6.54 Å². The van der Waals surface area contributed by atoms with Crippen LogP contribution in [0, 0.1) is 17.0 Å². The summed E-state index contributed by atoms with van der Waals surface area (Å²) in [5.74, 6) is 0.596. The quantitative estimate of drug-likeness (QED) is 0.348. The number of hydrogen-bond donors (Lipinski definition) is 1. The van der Waals surface area contributed by atoms with Gasteiger partial charge in [-0.15, -0.1) is 11.3 Å². The summed E-state index contributed by atoms with van der Waals surface area (Å²) in [6.45, 7) is 4.39. The van der Waals surface area contributed by atoms with Gasteiger partial charge in [-0.05, 0) is 38.0 Å². The highest BCUT2D eigenvalue weighted by Gasteiger charge is 2.24. The molecule has 1 aromatic heterocycles. The van der Waals surface area contributed by atoms with Crippen LogP contribution in [-0.4, -0.2) is 47.0 Å². The van der Waals surface area contributed by atoms with Crippen molar-refractivity contribution in [2.24, 2.45) is 0 Å². The standard InChI is InChI=1S/C24H26N4O4S2/c1-16-15-33-24(25-16)34-22-8-7-17(13-20(22)28(30)31)23(29)26-19-9-11-27(12-10-19)14-18-5-3-4-6-21(18)32-2/h3-8,13,15,19H,9-12,14H2,1-2H3,(H,26,29). The Morgan fingerprint density at radius 3 is 2.74 bits per heavy atom. The number of hydrogen-bond acceptors (Lipinski definition) is 8. The first-order chi connectivity index (χ1) is 16.4. The molecule has 3 aromatic rings. The lowest BCUT2D eigenvalue weighted by Gasteiger charge is -2.32. The van der Waals surface area contributed by atoms with Crippen LogP contribution in [0.5, 0.6) is 5.75 Å². The van der Waals surface area contributed by atoms with E-state index in [1.807, 2.05) is 30.5 Å². The Kier molecular flexibility index (Phi) is 7.81. The molecule has 0 spiro atoms. The number of amides is 1. The maximum Gasteiger partial charge on any atom is 0.284 e. The Morgan fingerprint density at radius 1 is 1.29 bits per heavy atom. The molecule has 0 radical (unpaired) electrons. The number of piperidine rings is 1. The van der Waals surface area contributed by atoms with Crippen molar-refractivity contribution in [1.82, 2.24) is 15.2 Å². The van der Waals surface area contributed by atoms with E-state index < -0.39 is 4.92 Å². The molecule has 178 valence electrons. The maximum absolute atomic E-state index is 12.8. The number of nitrogens with one attached hydrogen (secondary N) is 1. The summed E-state index contributed by atoms with van der Waals surface area (Å²) < 4.78 is 6.18. The molecule has 1 aliphatic heterocycles. The average Bonchev–Trinajstić information content (AvgIpc) is 3.25. The third-order valence-corrected chi connectivity index (χ3v) is 7.84. The fourth-order valence-corrected chi connectivity index (χ4v) is 5.82. The summed E-state index contributed by atoms with van der Waals surface area (Å²) in [7, 11) is 1.68. The van der Waals surface area contributed by atoms with Gasteiger partial charge in [-0.25, -0.2) is 4.98 Å². The molecule has 34 heavy (non-hydrogen) atoms. The lowest BCUT2D eigenvalue weighted by molar-refractivity contribution is -0.387. The smallest absolute Gasteiger partial charge is 0.284 e. The molecular formula is C24H26N4O4S2. The molecule has 0 bridgehead atoms. The van der Waals surface area contributed by atoms with E-state index in [4.69, 9.17) is 4.74 Å². The summed E-state index contributed by atoms with van der Waals surface area (Å²) >= 11 is 2.68. The van der Waals surface area contributed by atoms with Gasteiger partial charge >= 0.3 is 0 Å². The van der Waals surface area contributed by atoms with Crippen LogP contribution in [0.4, 0.5) is 5.69 Å². The number of likely N-dealkylation sites (tertiary alicyclic amines) is 1. The lowest BCUT2D eigenvalue weighted by atomic mass is 10.0. The summed E-state index contributed by atoms with van der Waals surface area (Å²) in [6, 6.07) is 12.7. The maximum atomic E-state index is 12.8. The minimum atomic E-state index is -0.448. The number of rotatable bonds is 8. The number of nitro benzene ring substituents is 1. The molecule has 2 aromatic carbocycles. The first-order valence-electron chi connectivity index (χ1n) is 11.0. The van der Waals surface area contributed by atoms with Gasteiger partial charge < -0.3 is 10.1 Å². The summed E-state index contributed by atoms with van der Waals surface area (Å²) in [4.78, 5) is 31.2. The topological polar surface area (TPSA) is 97.6 Å². The molecule has 0 aliphatic carbocycles. The van der Waals surface area contributed by atoms with Crippen molar-refractivity contribution in [1.29, 1.82) is 0 Å². The van der Waals surface area contributed by atoms with E-state index in [-0.39, 0.29) is 17.6 Å². The molecule has 1 amide bonds. The first-order valence-corrected chi connectivity index (χ1v) is 12.7. The van der Waals surface area contributed by atoms with Gasteiger partial charge in [0, 0.05) is 53.9 Å². The van der Waals surface area contributed by atoms with Crippen LogP contribution in [0.3, 0.4) is 0 Å². The van der Waals surface area contributed by atoms with Crippen molar-refractivity contribution in [2.75, 3.05) is 20.2 Å². The Bertz CT molecular complexity index is 1180. The van der Waals surface area contributed by atoms with Crippen LogP contribution >= 0.6 is 23.1 Å². The van der Waals surface area contributed by atoms with Gasteiger partial charge in [0.05, 0.1) is 16.9 Å². The molecule has 10 heteroatoms. The molecule has 1 fully saturated rings. The van der Waals surface area contributed by atoms with Crippen LogP contribution in [0.1, 0.15) is 34.5 Å². The van der Waals surface area contributed by atoms with E-state index in [9.17, 15) is 14.9 Å². The summed E-state index contributed by atoms with van der Waals surface area (Å²) in [5.41, 5.74) is 2.23. The number of benzene rings is 2. The van der Waals surface area contributed by atoms with Crippen molar-refractivity contribution < 1.29 is 14.5 Å². The van der Waals surface area contributed by atoms with Crippen LogP contribution in [0.2, 0.25) is 0 Å². The second kappa shape index (κ2) is 11.0. The Hall–Kier alpha value is -2.95. The van der Waals surface area contributed by atoms with Gasteiger partial charge in [0.25, 0.3) is 11.6 Å².